The maximum absolute atomic E-state index is 11.8. The van der Waals surface area contributed by atoms with Crippen molar-refractivity contribution in [3.05, 3.63) is 69.1 Å². The van der Waals surface area contributed by atoms with Gasteiger partial charge in [0.25, 0.3) is 5.91 Å². The second kappa shape index (κ2) is 6.36. The predicted octanol–water partition coefficient (Wildman–Crippen LogP) is 1.49. The summed E-state index contributed by atoms with van der Waals surface area (Å²) in [4.78, 5) is 25.3. The van der Waals surface area contributed by atoms with Gasteiger partial charge in [0.05, 0.1) is 6.10 Å². The van der Waals surface area contributed by atoms with E-state index in [0.717, 1.165) is 0 Å². The van der Waals surface area contributed by atoms with Crippen molar-refractivity contribution >= 4 is 17.5 Å². The van der Waals surface area contributed by atoms with Crippen LogP contribution in [0, 0.1) is 0 Å². The van der Waals surface area contributed by atoms with Crippen molar-refractivity contribution in [2.45, 2.75) is 6.10 Å². The molecule has 0 spiro atoms. The van der Waals surface area contributed by atoms with Crippen molar-refractivity contribution in [1.29, 1.82) is 0 Å². The number of hydrogen-bond acceptors (Lipinski definition) is 3. The van der Waals surface area contributed by atoms with E-state index in [2.05, 4.69) is 10.3 Å². The number of halogens is 1. The lowest BCUT2D eigenvalue weighted by Crippen LogP contribution is -2.29. The molecular weight excluding hydrogens is 280 g/mol. The van der Waals surface area contributed by atoms with Crippen LogP contribution < -0.4 is 10.9 Å². The average molecular weight is 293 g/mol. The Morgan fingerprint density at radius 2 is 2.00 bits per heavy atom. The molecule has 1 unspecified atom stereocenters. The molecule has 2 rings (SSSR count). The third-order valence-electron chi connectivity index (χ3n) is 2.75. The highest BCUT2D eigenvalue weighted by atomic mass is 35.5. The van der Waals surface area contributed by atoms with Crippen molar-refractivity contribution in [1.82, 2.24) is 10.3 Å². The maximum atomic E-state index is 11.8. The molecule has 0 aliphatic carbocycles. The number of carbonyl (C=O) groups excluding carboxylic acids is 1. The van der Waals surface area contributed by atoms with E-state index in [-0.39, 0.29) is 17.7 Å². The summed E-state index contributed by atoms with van der Waals surface area (Å²) in [5, 5.41) is 13.1. The van der Waals surface area contributed by atoms with E-state index in [0.29, 0.717) is 10.6 Å². The second-order valence-corrected chi connectivity index (χ2v) is 4.66. The van der Waals surface area contributed by atoms with Crippen LogP contribution in [0.25, 0.3) is 0 Å². The first-order valence-electron chi connectivity index (χ1n) is 5.97. The molecule has 0 aliphatic rings. The monoisotopic (exact) mass is 292 g/mol. The highest BCUT2D eigenvalue weighted by Gasteiger charge is 2.11. The summed E-state index contributed by atoms with van der Waals surface area (Å²) in [6, 6.07) is 9.39. The SMILES string of the molecule is O=C(NCC(O)c1ccc(Cl)cc1)c1cc[nH]c(=O)c1. The van der Waals surface area contributed by atoms with Gasteiger partial charge in [-0.3, -0.25) is 9.59 Å². The molecule has 2 aromatic rings. The zero-order valence-corrected chi connectivity index (χ0v) is 11.2. The predicted molar refractivity (Wildman–Crippen MR) is 75.8 cm³/mol. The van der Waals surface area contributed by atoms with Gasteiger partial charge in [0.2, 0.25) is 5.56 Å². The van der Waals surface area contributed by atoms with E-state index in [1.54, 1.807) is 24.3 Å². The Balaban J connectivity index is 1.96. The van der Waals surface area contributed by atoms with Crippen molar-refractivity contribution in [2.75, 3.05) is 6.54 Å². The Hall–Kier alpha value is -2.11. The zero-order chi connectivity index (χ0) is 14.5. The van der Waals surface area contributed by atoms with Crippen LogP contribution in [0.1, 0.15) is 22.0 Å². The van der Waals surface area contributed by atoms with E-state index in [9.17, 15) is 14.7 Å². The molecule has 0 saturated carbocycles. The standard InChI is InChI=1S/C14H13ClN2O3/c15-11-3-1-9(2-4-11)12(18)8-17-14(20)10-5-6-16-13(19)7-10/h1-7,12,18H,8H2,(H,16,19)(H,17,20). The average Bonchev–Trinajstić information content (AvgIpc) is 2.45. The normalized spacial score (nSPS) is 11.9. The minimum atomic E-state index is -0.835. The Bertz CT molecular complexity index is 652. The molecule has 1 atom stereocenters. The number of nitrogens with one attached hydrogen (secondary N) is 2. The fraction of sp³-hybridized carbons (Fsp3) is 0.143. The highest BCUT2D eigenvalue weighted by molar-refractivity contribution is 6.30. The second-order valence-electron chi connectivity index (χ2n) is 4.22. The van der Waals surface area contributed by atoms with Crippen molar-refractivity contribution in [3.8, 4) is 0 Å². The topological polar surface area (TPSA) is 82.2 Å². The fourth-order valence-corrected chi connectivity index (χ4v) is 1.81. The summed E-state index contributed by atoms with van der Waals surface area (Å²) in [5.41, 5.74) is 0.550. The molecule has 1 amide bonds. The molecule has 3 N–H and O–H groups in total. The summed E-state index contributed by atoms with van der Waals surface area (Å²) >= 11 is 5.75. The molecule has 0 aliphatic heterocycles. The van der Waals surface area contributed by atoms with Gasteiger partial charge in [-0.1, -0.05) is 23.7 Å². The molecular formula is C14H13ClN2O3. The summed E-state index contributed by atoms with van der Waals surface area (Å²) in [7, 11) is 0. The van der Waals surface area contributed by atoms with Crippen LogP contribution in [-0.2, 0) is 0 Å². The highest BCUT2D eigenvalue weighted by Crippen LogP contribution is 2.15. The van der Waals surface area contributed by atoms with Crippen LogP contribution >= 0.6 is 11.6 Å². The third-order valence-corrected chi connectivity index (χ3v) is 3.00. The van der Waals surface area contributed by atoms with Gasteiger partial charge in [-0.2, -0.15) is 0 Å². The van der Waals surface area contributed by atoms with E-state index >= 15 is 0 Å². The van der Waals surface area contributed by atoms with Crippen LogP contribution in [0.3, 0.4) is 0 Å². The summed E-state index contributed by atoms with van der Waals surface area (Å²) < 4.78 is 0. The number of rotatable bonds is 4. The minimum absolute atomic E-state index is 0.0489. The first-order chi connectivity index (χ1) is 9.56. The van der Waals surface area contributed by atoms with Crippen LogP contribution in [-0.4, -0.2) is 22.5 Å². The molecule has 1 aromatic heterocycles. The lowest BCUT2D eigenvalue weighted by atomic mass is 10.1. The van der Waals surface area contributed by atoms with E-state index in [1.165, 1.54) is 18.3 Å². The van der Waals surface area contributed by atoms with E-state index < -0.39 is 12.0 Å². The number of aliphatic hydroxyl groups is 1. The van der Waals surface area contributed by atoms with E-state index in [1.807, 2.05) is 0 Å². The summed E-state index contributed by atoms with van der Waals surface area (Å²) in [5.74, 6) is -0.413. The molecule has 5 nitrogen and oxygen atoms in total. The minimum Gasteiger partial charge on any atom is -0.387 e. The number of aliphatic hydroxyl groups excluding tert-OH is 1. The van der Waals surface area contributed by atoms with Gasteiger partial charge in [0.15, 0.2) is 0 Å². The number of amides is 1. The van der Waals surface area contributed by atoms with Crippen molar-refractivity contribution in [3.63, 3.8) is 0 Å². The first kappa shape index (κ1) is 14.3. The number of hydrogen-bond donors (Lipinski definition) is 3. The van der Waals surface area contributed by atoms with E-state index in [4.69, 9.17) is 11.6 Å². The molecule has 0 fully saturated rings. The van der Waals surface area contributed by atoms with Gasteiger partial charge >= 0.3 is 0 Å². The molecule has 0 saturated heterocycles. The third kappa shape index (κ3) is 3.69. The first-order valence-corrected chi connectivity index (χ1v) is 6.34. The Morgan fingerprint density at radius 3 is 2.65 bits per heavy atom. The molecule has 1 aromatic carbocycles. The summed E-state index contributed by atoms with van der Waals surface area (Å²) in [6.07, 6.45) is 0.561. The largest absolute Gasteiger partial charge is 0.387 e. The lowest BCUT2D eigenvalue weighted by Gasteiger charge is -2.12. The Morgan fingerprint density at radius 1 is 1.30 bits per heavy atom. The van der Waals surface area contributed by atoms with Gasteiger partial charge in [0, 0.05) is 29.4 Å². The molecule has 104 valence electrons. The Labute approximate surface area is 120 Å². The number of H-pyrrole nitrogens is 1. The van der Waals surface area contributed by atoms with Crippen LogP contribution in [0.4, 0.5) is 0 Å². The number of benzene rings is 1. The van der Waals surface area contributed by atoms with Gasteiger partial charge in [0.1, 0.15) is 0 Å². The van der Waals surface area contributed by atoms with Crippen molar-refractivity contribution in [2.24, 2.45) is 0 Å². The number of aromatic nitrogens is 1. The Kier molecular flexibility index (Phi) is 4.55. The number of aromatic amines is 1. The number of carbonyl (C=O) groups is 1. The maximum Gasteiger partial charge on any atom is 0.251 e. The lowest BCUT2D eigenvalue weighted by molar-refractivity contribution is 0.0916. The van der Waals surface area contributed by atoms with Gasteiger partial charge < -0.3 is 15.4 Å². The van der Waals surface area contributed by atoms with Crippen LogP contribution in [0.5, 0.6) is 0 Å². The number of pyridine rings is 1. The quantitative estimate of drug-likeness (QED) is 0.798. The van der Waals surface area contributed by atoms with Gasteiger partial charge in [-0.15, -0.1) is 0 Å². The molecule has 1 heterocycles. The molecule has 20 heavy (non-hydrogen) atoms. The van der Waals surface area contributed by atoms with Gasteiger partial charge in [-0.25, -0.2) is 0 Å². The molecule has 0 bridgehead atoms. The van der Waals surface area contributed by atoms with Gasteiger partial charge in [-0.05, 0) is 23.8 Å². The molecule has 6 heteroatoms. The zero-order valence-electron chi connectivity index (χ0n) is 10.5. The van der Waals surface area contributed by atoms with Crippen LogP contribution in [0.2, 0.25) is 5.02 Å². The summed E-state index contributed by atoms with van der Waals surface area (Å²) in [6.45, 7) is 0.0489. The van der Waals surface area contributed by atoms with Crippen LogP contribution in [0.15, 0.2) is 47.4 Å². The van der Waals surface area contributed by atoms with Crippen molar-refractivity contribution < 1.29 is 9.90 Å². The molecule has 0 radical (unpaired) electrons. The smallest absolute Gasteiger partial charge is 0.251 e. The fourth-order valence-electron chi connectivity index (χ4n) is 1.68.